The average molecular weight is 375 g/mol. The molecule has 2 rings (SSSR count). The number of hydrogen-bond acceptors (Lipinski definition) is 2. The van der Waals surface area contributed by atoms with Crippen LogP contribution in [0.5, 0.6) is 0 Å². The Morgan fingerprint density at radius 3 is 2.79 bits per heavy atom. The van der Waals surface area contributed by atoms with Gasteiger partial charge in [0.1, 0.15) is 3.70 Å². The Bertz CT molecular complexity index is 553. The summed E-state index contributed by atoms with van der Waals surface area (Å²) < 4.78 is 15.5. The van der Waals surface area contributed by atoms with Gasteiger partial charge in [-0.05, 0) is 54.5 Å². The van der Waals surface area contributed by atoms with Crippen molar-refractivity contribution in [1.82, 2.24) is 9.61 Å². The zero-order chi connectivity index (χ0) is 13.8. The second kappa shape index (κ2) is 6.54. The largest absolute Gasteiger partial charge is 0.368 e. The first-order valence-electron chi connectivity index (χ1n) is 6.69. The van der Waals surface area contributed by atoms with Crippen molar-refractivity contribution in [3.05, 3.63) is 27.6 Å². The topological polar surface area (TPSA) is 20.5 Å². The zero-order valence-corrected chi connectivity index (χ0v) is 13.5. The van der Waals surface area contributed by atoms with E-state index in [1.807, 2.05) is 16.6 Å². The van der Waals surface area contributed by atoms with Crippen LogP contribution in [0.15, 0.2) is 18.2 Å². The van der Waals surface area contributed by atoms with Gasteiger partial charge in [-0.25, -0.2) is 4.52 Å². The summed E-state index contributed by atoms with van der Waals surface area (Å²) in [7, 11) is 0. The van der Waals surface area contributed by atoms with Crippen LogP contribution in [0.4, 0.5) is 10.1 Å². The Kier molecular flexibility index (Phi) is 5.01. The van der Waals surface area contributed by atoms with E-state index in [-0.39, 0.29) is 6.67 Å². The van der Waals surface area contributed by atoms with Crippen LogP contribution in [0, 0.1) is 3.70 Å². The maximum absolute atomic E-state index is 12.4. The van der Waals surface area contributed by atoms with Gasteiger partial charge in [0.2, 0.25) is 0 Å². The number of fused-ring (bicyclic) bond motifs is 1. The van der Waals surface area contributed by atoms with E-state index in [4.69, 9.17) is 0 Å². The van der Waals surface area contributed by atoms with Crippen molar-refractivity contribution in [2.24, 2.45) is 0 Å². The fraction of sp³-hybridized carbons (Fsp3) is 0.500. The Labute approximate surface area is 126 Å². The smallest absolute Gasteiger partial charge is 0.103 e. The quantitative estimate of drug-likeness (QED) is 0.567. The van der Waals surface area contributed by atoms with Crippen molar-refractivity contribution in [2.75, 3.05) is 24.7 Å². The van der Waals surface area contributed by atoms with Crippen molar-refractivity contribution in [2.45, 2.75) is 26.7 Å². The fourth-order valence-corrected chi connectivity index (χ4v) is 2.91. The monoisotopic (exact) mass is 375 g/mol. The van der Waals surface area contributed by atoms with E-state index in [9.17, 15) is 4.39 Å². The molecule has 0 saturated carbocycles. The lowest BCUT2D eigenvalue weighted by atomic mass is 10.2. The molecule has 0 radical (unpaired) electrons. The summed E-state index contributed by atoms with van der Waals surface area (Å²) in [4.78, 5) is 2.23. The predicted molar refractivity (Wildman–Crippen MR) is 85.8 cm³/mol. The molecule has 0 spiro atoms. The maximum atomic E-state index is 12.4. The number of nitrogens with zero attached hydrogens (tertiary/aromatic N) is 3. The number of hydrogen-bond donors (Lipinski definition) is 0. The van der Waals surface area contributed by atoms with Gasteiger partial charge in [0.05, 0.1) is 23.6 Å². The summed E-state index contributed by atoms with van der Waals surface area (Å²) in [6, 6.07) is 6.17. The highest BCUT2D eigenvalue weighted by Gasteiger charge is 2.17. The van der Waals surface area contributed by atoms with E-state index in [0.29, 0.717) is 6.42 Å². The van der Waals surface area contributed by atoms with E-state index in [1.54, 1.807) is 0 Å². The molecule has 104 valence electrons. The van der Waals surface area contributed by atoms with Crippen LogP contribution < -0.4 is 4.90 Å². The third-order valence-electron chi connectivity index (χ3n) is 3.25. The van der Waals surface area contributed by atoms with Crippen LogP contribution in [0.3, 0.4) is 0 Å². The number of pyridine rings is 1. The summed E-state index contributed by atoms with van der Waals surface area (Å²) in [6.07, 6.45) is 1.46. The Morgan fingerprint density at radius 2 is 2.16 bits per heavy atom. The molecule has 2 aromatic heterocycles. The molecule has 0 fully saturated rings. The van der Waals surface area contributed by atoms with Crippen LogP contribution in [0.2, 0.25) is 0 Å². The van der Waals surface area contributed by atoms with E-state index in [0.717, 1.165) is 40.1 Å². The Morgan fingerprint density at radius 1 is 1.37 bits per heavy atom. The number of anilines is 1. The highest BCUT2D eigenvalue weighted by atomic mass is 127. The lowest BCUT2D eigenvalue weighted by Gasteiger charge is -2.22. The van der Waals surface area contributed by atoms with Crippen LogP contribution in [-0.4, -0.2) is 29.4 Å². The van der Waals surface area contributed by atoms with Crippen molar-refractivity contribution in [1.29, 1.82) is 0 Å². The molecule has 0 aliphatic heterocycles. The van der Waals surface area contributed by atoms with Crippen LogP contribution in [-0.2, 0) is 6.42 Å². The Balaban J connectivity index is 2.52. The highest BCUT2D eigenvalue weighted by Crippen LogP contribution is 2.28. The molecular formula is C14H19FIN3. The second-order valence-corrected chi connectivity index (χ2v) is 5.52. The minimum atomic E-state index is -0.269. The standard InChI is InChI=1S/C14H19FIN3/c1-3-11-14(18(4-2)10-6-9-15)12-7-5-8-13(16)19(12)17-11/h5,7-8H,3-4,6,9-10H2,1-2H3. The van der Waals surface area contributed by atoms with E-state index < -0.39 is 0 Å². The minimum absolute atomic E-state index is 0.269. The third kappa shape index (κ3) is 2.85. The second-order valence-electron chi connectivity index (χ2n) is 4.42. The molecule has 19 heavy (non-hydrogen) atoms. The van der Waals surface area contributed by atoms with Gasteiger partial charge >= 0.3 is 0 Å². The van der Waals surface area contributed by atoms with Crippen molar-refractivity contribution in [3.8, 4) is 0 Å². The molecule has 0 N–H and O–H groups in total. The number of halogens is 2. The molecule has 0 aliphatic carbocycles. The number of aryl methyl sites for hydroxylation is 1. The first-order chi connectivity index (χ1) is 9.22. The number of rotatable bonds is 6. The lowest BCUT2D eigenvalue weighted by Crippen LogP contribution is -2.25. The summed E-state index contributed by atoms with van der Waals surface area (Å²) in [6.45, 7) is 5.57. The molecule has 0 aliphatic rings. The van der Waals surface area contributed by atoms with Gasteiger partial charge in [0, 0.05) is 13.1 Å². The number of alkyl halides is 1. The van der Waals surface area contributed by atoms with Crippen molar-refractivity contribution in [3.63, 3.8) is 0 Å². The molecule has 0 aromatic carbocycles. The van der Waals surface area contributed by atoms with Gasteiger partial charge in [-0.15, -0.1) is 0 Å². The first-order valence-corrected chi connectivity index (χ1v) is 7.77. The molecule has 0 amide bonds. The third-order valence-corrected chi connectivity index (χ3v) is 4.07. The van der Waals surface area contributed by atoms with Gasteiger partial charge in [0.15, 0.2) is 0 Å². The van der Waals surface area contributed by atoms with Crippen molar-refractivity contribution >= 4 is 33.8 Å². The van der Waals surface area contributed by atoms with E-state index in [2.05, 4.69) is 52.5 Å². The minimum Gasteiger partial charge on any atom is -0.368 e. The predicted octanol–water partition coefficient (Wildman–Crippen LogP) is 3.69. The fourth-order valence-electron chi connectivity index (χ4n) is 2.33. The van der Waals surface area contributed by atoms with Gasteiger partial charge < -0.3 is 4.90 Å². The molecule has 0 bridgehead atoms. The average Bonchev–Trinajstić information content (AvgIpc) is 2.80. The molecule has 3 nitrogen and oxygen atoms in total. The summed E-state index contributed by atoms with van der Waals surface area (Å²) in [5, 5.41) is 4.68. The molecular weight excluding hydrogens is 356 g/mol. The first kappa shape index (κ1) is 14.6. The Hall–Kier alpha value is -0.850. The van der Waals surface area contributed by atoms with Gasteiger partial charge in [0.25, 0.3) is 0 Å². The van der Waals surface area contributed by atoms with Crippen molar-refractivity contribution < 1.29 is 4.39 Å². The molecule has 0 saturated heterocycles. The summed E-state index contributed by atoms with van der Waals surface area (Å²) in [5.41, 5.74) is 3.37. The van der Waals surface area contributed by atoms with Crippen LogP contribution in [0.1, 0.15) is 26.0 Å². The lowest BCUT2D eigenvalue weighted by molar-refractivity contribution is 0.472. The van der Waals surface area contributed by atoms with E-state index in [1.165, 1.54) is 0 Å². The maximum Gasteiger partial charge on any atom is 0.103 e. The SMILES string of the molecule is CCc1nn2c(I)cccc2c1N(CC)CCCF. The van der Waals surface area contributed by atoms with Crippen LogP contribution >= 0.6 is 22.6 Å². The van der Waals surface area contributed by atoms with Gasteiger partial charge in [-0.1, -0.05) is 13.0 Å². The zero-order valence-electron chi connectivity index (χ0n) is 11.4. The molecule has 2 aromatic rings. The van der Waals surface area contributed by atoms with Crippen LogP contribution in [0.25, 0.3) is 5.52 Å². The van der Waals surface area contributed by atoms with Gasteiger partial charge in [-0.3, -0.25) is 4.39 Å². The summed E-state index contributed by atoms with van der Waals surface area (Å²) in [5.74, 6) is 0. The normalized spacial score (nSPS) is 11.2. The highest BCUT2D eigenvalue weighted by molar-refractivity contribution is 14.1. The van der Waals surface area contributed by atoms with E-state index >= 15 is 0 Å². The summed E-state index contributed by atoms with van der Waals surface area (Å²) >= 11 is 2.29. The molecule has 2 heterocycles. The molecule has 0 atom stereocenters. The molecule has 0 unspecified atom stereocenters. The molecule has 5 heteroatoms. The van der Waals surface area contributed by atoms with Gasteiger partial charge in [-0.2, -0.15) is 5.10 Å². The number of aromatic nitrogens is 2.